The minimum absolute atomic E-state index is 0.0349. The number of aromatic amines is 1. The van der Waals surface area contributed by atoms with Crippen molar-refractivity contribution >= 4 is 22.7 Å². The number of likely N-dealkylation sites (tertiary alicyclic amines) is 1. The van der Waals surface area contributed by atoms with Gasteiger partial charge in [-0.2, -0.15) is 0 Å². The predicted molar refractivity (Wildman–Crippen MR) is 110 cm³/mol. The number of hydrogen-bond acceptors (Lipinski definition) is 2. The lowest BCUT2D eigenvalue weighted by atomic mass is 9.89. The maximum absolute atomic E-state index is 13.6. The summed E-state index contributed by atoms with van der Waals surface area (Å²) < 4.78 is 26.6. The van der Waals surface area contributed by atoms with Gasteiger partial charge in [0.25, 0.3) is 5.91 Å². The van der Waals surface area contributed by atoms with Gasteiger partial charge in [-0.15, -0.1) is 0 Å². The molecule has 156 valence electrons. The third-order valence-corrected chi connectivity index (χ3v) is 5.71. The van der Waals surface area contributed by atoms with Crippen molar-refractivity contribution in [3.05, 3.63) is 71.4 Å². The van der Waals surface area contributed by atoms with E-state index in [1.807, 2.05) is 17.0 Å². The second kappa shape index (κ2) is 8.65. The van der Waals surface area contributed by atoms with Crippen molar-refractivity contribution in [1.82, 2.24) is 15.2 Å². The number of hydrogen-bond donors (Lipinski definition) is 2. The molecular weight excluding hydrogens is 388 g/mol. The van der Waals surface area contributed by atoms with E-state index in [9.17, 15) is 18.4 Å². The first-order chi connectivity index (χ1) is 14.5. The lowest BCUT2D eigenvalue weighted by molar-refractivity contribution is -0.132. The molecule has 2 N–H and O–H groups in total. The number of H-pyrrole nitrogens is 1. The van der Waals surface area contributed by atoms with Crippen LogP contribution in [0.15, 0.2) is 48.7 Å². The van der Waals surface area contributed by atoms with Crippen LogP contribution in [-0.4, -0.2) is 41.3 Å². The molecule has 0 aliphatic carbocycles. The highest BCUT2D eigenvalue weighted by molar-refractivity contribution is 5.94. The highest BCUT2D eigenvalue weighted by Gasteiger charge is 2.25. The number of nitrogens with one attached hydrogen (secondary N) is 2. The van der Waals surface area contributed by atoms with Crippen LogP contribution >= 0.6 is 0 Å². The Balaban J connectivity index is 1.26. The van der Waals surface area contributed by atoms with Crippen molar-refractivity contribution < 1.29 is 18.4 Å². The van der Waals surface area contributed by atoms with Gasteiger partial charge in [0.2, 0.25) is 5.91 Å². The minimum Gasteiger partial charge on any atom is -0.361 e. The van der Waals surface area contributed by atoms with Crippen molar-refractivity contribution in [2.45, 2.75) is 25.2 Å². The van der Waals surface area contributed by atoms with E-state index in [0.717, 1.165) is 30.5 Å². The van der Waals surface area contributed by atoms with Gasteiger partial charge in [0.05, 0.1) is 5.56 Å². The normalized spacial score (nSPS) is 14.8. The molecule has 5 nitrogen and oxygen atoms in total. The maximum atomic E-state index is 13.6. The number of para-hydroxylation sites is 1. The number of rotatable bonds is 5. The number of carbonyl (C=O) groups excluding carboxylic acids is 2. The zero-order chi connectivity index (χ0) is 21.1. The number of benzene rings is 2. The highest BCUT2D eigenvalue weighted by atomic mass is 19.1. The standard InChI is InChI=1S/C23H23F2N3O2/c24-16-5-6-18(20(25)13-16)23(30)26-10-7-22(29)28-11-8-15(9-12-28)19-14-27-21-4-2-1-3-17(19)21/h1-6,13-15,27H,7-12H2,(H,26,30). The Morgan fingerprint density at radius 2 is 1.87 bits per heavy atom. The first kappa shape index (κ1) is 20.1. The van der Waals surface area contributed by atoms with Gasteiger partial charge in [-0.3, -0.25) is 9.59 Å². The molecule has 1 aliphatic rings. The molecule has 0 spiro atoms. The van der Waals surface area contributed by atoms with Crippen LogP contribution in [0.3, 0.4) is 0 Å². The molecule has 2 heterocycles. The molecule has 0 radical (unpaired) electrons. The van der Waals surface area contributed by atoms with Gasteiger partial charge < -0.3 is 15.2 Å². The van der Waals surface area contributed by atoms with Crippen molar-refractivity contribution in [2.75, 3.05) is 19.6 Å². The van der Waals surface area contributed by atoms with Crippen molar-refractivity contribution in [3.63, 3.8) is 0 Å². The number of halogens is 2. The van der Waals surface area contributed by atoms with Gasteiger partial charge >= 0.3 is 0 Å². The SMILES string of the molecule is O=C(NCCC(=O)N1CCC(c2c[nH]c3ccccc23)CC1)c1ccc(F)cc1F. The van der Waals surface area contributed by atoms with E-state index in [-0.39, 0.29) is 24.4 Å². The average Bonchev–Trinajstić information content (AvgIpc) is 3.18. The van der Waals surface area contributed by atoms with Crippen LogP contribution in [0.1, 0.15) is 41.1 Å². The fraction of sp³-hybridized carbons (Fsp3) is 0.304. The number of fused-ring (bicyclic) bond motifs is 1. The number of piperidine rings is 1. The number of amides is 2. The summed E-state index contributed by atoms with van der Waals surface area (Å²) >= 11 is 0. The molecule has 0 bridgehead atoms. The largest absolute Gasteiger partial charge is 0.361 e. The monoisotopic (exact) mass is 411 g/mol. The van der Waals surface area contributed by atoms with Gasteiger partial charge in [-0.1, -0.05) is 18.2 Å². The molecule has 3 aromatic rings. The zero-order valence-electron chi connectivity index (χ0n) is 16.5. The molecule has 0 atom stereocenters. The molecule has 2 aromatic carbocycles. The summed E-state index contributed by atoms with van der Waals surface area (Å²) in [5.74, 6) is -1.94. The summed E-state index contributed by atoms with van der Waals surface area (Å²) in [5.41, 5.74) is 2.19. The molecule has 30 heavy (non-hydrogen) atoms. The van der Waals surface area contributed by atoms with E-state index < -0.39 is 17.5 Å². The Morgan fingerprint density at radius 3 is 2.63 bits per heavy atom. The van der Waals surface area contributed by atoms with Gasteiger partial charge in [0, 0.05) is 49.2 Å². The van der Waals surface area contributed by atoms with Gasteiger partial charge in [-0.05, 0) is 42.5 Å². The van der Waals surface area contributed by atoms with Crippen molar-refractivity contribution in [2.24, 2.45) is 0 Å². The number of aromatic nitrogens is 1. The zero-order valence-corrected chi connectivity index (χ0v) is 16.5. The third-order valence-electron chi connectivity index (χ3n) is 5.71. The highest BCUT2D eigenvalue weighted by Crippen LogP contribution is 2.33. The van der Waals surface area contributed by atoms with E-state index in [0.29, 0.717) is 25.1 Å². The Labute approximate surface area is 173 Å². The molecule has 1 aromatic heterocycles. The summed E-state index contributed by atoms with van der Waals surface area (Å²) in [7, 11) is 0. The van der Waals surface area contributed by atoms with E-state index in [1.165, 1.54) is 10.9 Å². The van der Waals surface area contributed by atoms with E-state index in [4.69, 9.17) is 0 Å². The lowest BCUT2D eigenvalue weighted by Gasteiger charge is -2.32. The molecule has 1 aliphatic heterocycles. The lowest BCUT2D eigenvalue weighted by Crippen LogP contribution is -2.39. The Bertz CT molecular complexity index is 1070. The summed E-state index contributed by atoms with van der Waals surface area (Å²) in [6, 6.07) is 11.0. The molecule has 1 saturated heterocycles. The second-order valence-electron chi connectivity index (χ2n) is 7.57. The fourth-order valence-electron chi connectivity index (χ4n) is 4.08. The molecule has 0 unspecified atom stereocenters. The van der Waals surface area contributed by atoms with Gasteiger partial charge in [-0.25, -0.2) is 8.78 Å². The third kappa shape index (κ3) is 4.20. The van der Waals surface area contributed by atoms with Crippen LogP contribution in [0.4, 0.5) is 8.78 Å². The topological polar surface area (TPSA) is 65.2 Å². The molecule has 1 fully saturated rings. The van der Waals surface area contributed by atoms with Crippen LogP contribution in [0.5, 0.6) is 0 Å². The van der Waals surface area contributed by atoms with Crippen molar-refractivity contribution in [3.8, 4) is 0 Å². The quantitative estimate of drug-likeness (QED) is 0.667. The molecule has 2 amide bonds. The first-order valence-electron chi connectivity index (χ1n) is 10.1. The van der Waals surface area contributed by atoms with Crippen LogP contribution in [0, 0.1) is 11.6 Å². The Hall–Kier alpha value is -3.22. The van der Waals surface area contributed by atoms with E-state index in [2.05, 4.69) is 28.6 Å². The van der Waals surface area contributed by atoms with E-state index in [1.54, 1.807) is 0 Å². The molecular formula is C23H23F2N3O2. The van der Waals surface area contributed by atoms with Crippen LogP contribution < -0.4 is 5.32 Å². The van der Waals surface area contributed by atoms with Crippen molar-refractivity contribution in [1.29, 1.82) is 0 Å². The van der Waals surface area contributed by atoms with Crippen LogP contribution in [0.2, 0.25) is 0 Å². The number of carbonyl (C=O) groups is 2. The van der Waals surface area contributed by atoms with Crippen LogP contribution in [0.25, 0.3) is 10.9 Å². The van der Waals surface area contributed by atoms with Crippen LogP contribution in [-0.2, 0) is 4.79 Å². The number of nitrogens with zero attached hydrogens (tertiary/aromatic N) is 1. The Kier molecular flexibility index (Phi) is 5.79. The molecule has 0 saturated carbocycles. The smallest absolute Gasteiger partial charge is 0.254 e. The predicted octanol–water partition coefficient (Wildman–Crippen LogP) is 3.97. The average molecular weight is 411 g/mol. The summed E-state index contributed by atoms with van der Waals surface area (Å²) in [4.78, 5) is 29.6. The summed E-state index contributed by atoms with van der Waals surface area (Å²) in [6.07, 6.45) is 3.99. The second-order valence-corrected chi connectivity index (χ2v) is 7.57. The molecule has 7 heteroatoms. The minimum atomic E-state index is -0.918. The van der Waals surface area contributed by atoms with Gasteiger partial charge in [0.15, 0.2) is 0 Å². The van der Waals surface area contributed by atoms with Gasteiger partial charge in [0.1, 0.15) is 11.6 Å². The summed E-state index contributed by atoms with van der Waals surface area (Å²) in [5, 5.41) is 3.76. The van der Waals surface area contributed by atoms with E-state index >= 15 is 0 Å². The maximum Gasteiger partial charge on any atom is 0.254 e. The first-order valence-corrected chi connectivity index (χ1v) is 10.1. The molecule has 4 rings (SSSR count). The Morgan fingerprint density at radius 1 is 1.10 bits per heavy atom. The summed E-state index contributed by atoms with van der Waals surface area (Å²) in [6.45, 7) is 1.45. The fourth-order valence-corrected chi connectivity index (χ4v) is 4.08.